The zero-order chi connectivity index (χ0) is 17.6. The van der Waals surface area contributed by atoms with Gasteiger partial charge in [-0.1, -0.05) is 6.07 Å². The highest BCUT2D eigenvalue weighted by Gasteiger charge is 2.29. The maximum absolute atomic E-state index is 12.6. The van der Waals surface area contributed by atoms with E-state index in [0.29, 0.717) is 23.3 Å². The summed E-state index contributed by atoms with van der Waals surface area (Å²) >= 11 is 0. The van der Waals surface area contributed by atoms with Crippen molar-refractivity contribution in [3.63, 3.8) is 0 Å². The van der Waals surface area contributed by atoms with Crippen molar-refractivity contribution in [2.24, 2.45) is 5.73 Å². The first-order valence-electron chi connectivity index (χ1n) is 7.81. The van der Waals surface area contributed by atoms with Crippen LogP contribution in [0.3, 0.4) is 0 Å². The second-order valence-electron chi connectivity index (χ2n) is 6.02. The summed E-state index contributed by atoms with van der Waals surface area (Å²) in [5.74, 6) is -0.383. The van der Waals surface area contributed by atoms with E-state index < -0.39 is 9.84 Å². The van der Waals surface area contributed by atoms with Gasteiger partial charge in [-0.05, 0) is 36.2 Å². The highest BCUT2D eigenvalue weighted by Crippen LogP contribution is 2.31. The SMILES string of the molecule is Br.Br.N[C@H]1CCS(=O)(=O)c2cc(C(=O)Nc3ccnc4[nH]ccc34)ccc21. The Kier molecular flexibility index (Phi) is 6.46. The molecule has 4 rings (SSSR count). The van der Waals surface area contributed by atoms with Crippen LogP contribution in [0.4, 0.5) is 5.69 Å². The third-order valence-electron chi connectivity index (χ3n) is 4.42. The highest BCUT2D eigenvalue weighted by atomic mass is 79.9. The number of hydrogen-bond acceptors (Lipinski definition) is 5. The molecule has 3 aromatic rings. The average Bonchev–Trinajstić information content (AvgIpc) is 3.08. The van der Waals surface area contributed by atoms with Gasteiger partial charge in [0.25, 0.3) is 5.91 Å². The number of aromatic nitrogens is 2. The van der Waals surface area contributed by atoms with Crippen molar-refractivity contribution in [3.8, 4) is 0 Å². The van der Waals surface area contributed by atoms with E-state index in [4.69, 9.17) is 5.73 Å². The van der Waals surface area contributed by atoms with Crippen molar-refractivity contribution in [2.45, 2.75) is 17.4 Å². The Morgan fingerprint density at radius 3 is 2.78 bits per heavy atom. The van der Waals surface area contributed by atoms with Gasteiger partial charge in [0.15, 0.2) is 9.84 Å². The van der Waals surface area contributed by atoms with Crippen LogP contribution in [-0.2, 0) is 9.84 Å². The van der Waals surface area contributed by atoms with E-state index in [2.05, 4.69) is 15.3 Å². The quantitative estimate of drug-likeness (QED) is 0.482. The number of carbonyl (C=O) groups excluding carboxylic acids is 1. The lowest BCUT2D eigenvalue weighted by Crippen LogP contribution is -2.25. The summed E-state index contributed by atoms with van der Waals surface area (Å²) in [6, 6.07) is 7.83. The number of sulfone groups is 1. The van der Waals surface area contributed by atoms with Gasteiger partial charge in [0.2, 0.25) is 0 Å². The molecule has 0 unspecified atom stereocenters. The molecule has 27 heavy (non-hydrogen) atoms. The zero-order valence-corrected chi connectivity index (χ0v) is 18.2. The highest BCUT2D eigenvalue weighted by molar-refractivity contribution is 8.93. The molecule has 2 aromatic heterocycles. The summed E-state index contributed by atoms with van der Waals surface area (Å²) in [6.45, 7) is 0. The second kappa shape index (κ2) is 8.09. The fourth-order valence-corrected chi connectivity index (χ4v) is 4.73. The van der Waals surface area contributed by atoms with E-state index in [0.717, 1.165) is 5.39 Å². The van der Waals surface area contributed by atoms with E-state index in [1.54, 1.807) is 30.6 Å². The molecule has 0 fully saturated rings. The number of nitrogens with two attached hydrogens (primary N) is 1. The first kappa shape index (κ1) is 21.5. The van der Waals surface area contributed by atoms with Gasteiger partial charge in [-0.15, -0.1) is 34.0 Å². The van der Waals surface area contributed by atoms with Crippen molar-refractivity contribution < 1.29 is 13.2 Å². The standard InChI is InChI=1S/C17H16N4O3S.2BrH/c18-13-5-8-25(23,24)15-9-10(1-2-11(13)15)17(22)21-14-4-7-20-16-12(14)3-6-19-16;;/h1-4,6-7,9,13H,5,8,18H2,(H2,19,20,21,22);2*1H/t13-;;/m0../s1. The molecule has 1 aliphatic rings. The number of aromatic amines is 1. The van der Waals surface area contributed by atoms with Gasteiger partial charge in [-0.25, -0.2) is 13.4 Å². The number of H-pyrrole nitrogens is 1. The summed E-state index contributed by atoms with van der Waals surface area (Å²) in [5.41, 5.74) is 8.11. The summed E-state index contributed by atoms with van der Waals surface area (Å²) in [5, 5.41) is 3.59. The number of rotatable bonds is 2. The summed E-state index contributed by atoms with van der Waals surface area (Å²) in [4.78, 5) is 19.9. The molecule has 4 N–H and O–H groups in total. The summed E-state index contributed by atoms with van der Waals surface area (Å²) < 4.78 is 24.6. The molecule has 1 aromatic carbocycles. The lowest BCUT2D eigenvalue weighted by molar-refractivity contribution is 0.102. The Hall–Kier alpha value is -1.75. The molecule has 10 heteroatoms. The number of hydrogen-bond donors (Lipinski definition) is 3. The van der Waals surface area contributed by atoms with Gasteiger partial charge in [0.05, 0.1) is 16.3 Å². The Balaban J connectivity index is 0.00000131. The Morgan fingerprint density at radius 2 is 2.00 bits per heavy atom. The van der Waals surface area contributed by atoms with Crippen molar-refractivity contribution in [2.75, 3.05) is 11.1 Å². The van der Waals surface area contributed by atoms with Gasteiger partial charge in [-0.2, -0.15) is 0 Å². The minimum Gasteiger partial charge on any atom is -0.346 e. The maximum Gasteiger partial charge on any atom is 0.255 e. The molecule has 144 valence electrons. The molecule has 0 bridgehead atoms. The molecular formula is C17H18Br2N4O3S. The normalized spacial score (nSPS) is 17.3. The number of anilines is 1. The number of fused-ring (bicyclic) bond motifs is 2. The van der Waals surface area contributed by atoms with E-state index in [1.165, 1.54) is 6.07 Å². The van der Waals surface area contributed by atoms with E-state index in [1.807, 2.05) is 6.07 Å². The Morgan fingerprint density at radius 1 is 1.22 bits per heavy atom. The minimum atomic E-state index is -3.40. The molecule has 1 aliphatic heterocycles. The smallest absolute Gasteiger partial charge is 0.255 e. The number of nitrogens with zero attached hydrogens (tertiary/aromatic N) is 1. The molecular weight excluding hydrogens is 500 g/mol. The largest absolute Gasteiger partial charge is 0.346 e. The molecule has 1 amide bonds. The van der Waals surface area contributed by atoms with E-state index >= 15 is 0 Å². The lowest BCUT2D eigenvalue weighted by atomic mass is 10.0. The van der Waals surface area contributed by atoms with Crippen molar-refractivity contribution >= 4 is 66.4 Å². The third-order valence-corrected chi connectivity index (χ3v) is 6.21. The topological polar surface area (TPSA) is 118 Å². The van der Waals surface area contributed by atoms with E-state index in [-0.39, 0.29) is 62.1 Å². The number of amides is 1. The number of benzene rings is 1. The fourth-order valence-electron chi connectivity index (χ4n) is 3.06. The molecule has 0 saturated heterocycles. The van der Waals surface area contributed by atoms with Crippen LogP contribution in [-0.4, -0.2) is 30.0 Å². The van der Waals surface area contributed by atoms with Crippen molar-refractivity contribution in [1.82, 2.24) is 9.97 Å². The van der Waals surface area contributed by atoms with Crippen LogP contribution in [0.1, 0.15) is 28.4 Å². The number of carbonyl (C=O) groups is 1. The van der Waals surface area contributed by atoms with Crippen LogP contribution < -0.4 is 11.1 Å². The first-order chi connectivity index (χ1) is 12.0. The van der Waals surface area contributed by atoms with Crippen LogP contribution in [0.15, 0.2) is 47.6 Å². The molecule has 0 aliphatic carbocycles. The predicted molar refractivity (Wildman–Crippen MR) is 115 cm³/mol. The van der Waals surface area contributed by atoms with Crippen molar-refractivity contribution in [1.29, 1.82) is 0 Å². The zero-order valence-electron chi connectivity index (χ0n) is 14.0. The monoisotopic (exact) mass is 516 g/mol. The first-order valence-corrected chi connectivity index (χ1v) is 9.47. The summed E-state index contributed by atoms with van der Waals surface area (Å²) in [7, 11) is -3.40. The molecule has 0 spiro atoms. The average molecular weight is 518 g/mol. The minimum absolute atomic E-state index is 0. The van der Waals surface area contributed by atoms with Crippen LogP contribution in [0.2, 0.25) is 0 Å². The maximum atomic E-state index is 12.6. The van der Waals surface area contributed by atoms with Crippen LogP contribution in [0.25, 0.3) is 11.0 Å². The van der Waals surface area contributed by atoms with Gasteiger partial charge < -0.3 is 16.0 Å². The van der Waals surface area contributed by atoms with Crippen LogP contribution in [0.5, 0.6) is 0 Å². The Labute approximate surface area is 177 Å². The fraction of sp³-hybridized carbons (Fsp3) is 0.176. The molecule has 0 saturated carbocycles. The molecule has 3 heterocycles. The number of halogens is 2. The number of pyridine rings is 1. The lowest BCUT2D eigenvalue weighted by Gasteiger charge is -2.22. The van der Waals surface area contributed by atoms with Crippen molar-refractivity contribution in [3.05, 3.63) is 53.9 Å². The predicted octanol–water partition coefficient (Wildman–Crippen LogP) is 3.15. The van der Waals surface area contributed by atoms with Gasteiger partial charge in [-0.3, -0.25) is 4.79 Å². The van der Waals surface area contributed by atoms with Gasteiger partial charge >= 0.3 is 0 Å². The van der Waals surface area contributed by atoms with E-state index in [9.17, 15) is 13.2 Å². The second-order valence-corrected chi connectivity index (χ2v) is 8.10. The van der Waals surface area contributed by atoms with Gasteiger partial charge in [0, 0.05) is 29.4 Å². The van der Waals surface area contributed by atoms with Crippen LogP contribution in [0, 0.1) is 0 Å². The summed E-state index contributed by atoms with van der Waals surface area (Å²) in [6.07, 6.45) is 3.72. The number of nitrogens with one attached hydrogen (secondary N) is 2. The molecule has 7 nitrogen and oxygen atoms in total. The molecule has 0 radical (unpaired) electrons. The van der Waals surface area contributed by atoms with Gasteiger partial charge in [0.1, 0.15) is 5.65 Å². The molecule has 1 atom stereocenters. The van der Waals surface area contributed by atoms with Crippen LogP contribution >= 0.6 is 34.0 Å². The Bertz CT molecular complexity index is 1100. The third kappa shape index (κ3) is 3.93.